The molecule has 0 aromatic rings. The van der Waals surface area contributed by atoms with E-state index in [1.165, 1.54) is 184 Å². The smallest absolute Gasteiger partial charge is 0.0579 e. The van der Waals surface area contributed by atoms with Gasteiger partial charge in [0.05, 0.1) is 64.6 Å². The topological polar surface area (TPSA) is 0 Å². The van der Waals surface area contributed by atoms with Crippen molar-refractivity contribution in [1.29, 1.82) is 0 Å². The minimum Gasteiger partial charge on any atom is -0.103 e. The van der Waals surface area contributed by atoms with Gasteiger partial charge in [0.15, 0.2) is 0 Å². The predicted octanol–water partition coefficient (Wildman–Crippen LogP) is 22.9. The fourth-order valence-corrected chi connectivity index (χ4v) is 46.2. The summed E-state index contributed by atoms with van der Waals surface area (Å²) < 4.78 is 0. The van der Waals surface area contributed by atoms with Crippen LogP contribution in [0, 0.1) is 0 Å². The monoisotopic (exact) mass is 1090 g/mol. The SMILES string of the molecule is C=CC[Si](C)(CC=C)CCC[Si](CCC[Si](C)(CC=C)CC=C)(CCC[Si](C)(CC=C)CC=C)CC[Si](CCC[Si](C)(CC=C)CC=C)(CCC[Si](C)(CC=C)CC=C)CCC[Si](C)(CC=C)CC=C. The van der Waals surface area contributed by atoms with Gasteiger partial charge in [-0.25, -0.2) is 0 Å². The Morgan fingerprint density at radius 1 is 0.186 bits per heavy atom. The average Bonchev–Trinajstić information content (AvgIpc) is 3.26. The van der Waals surface area contributed by atoms with Crippen molar-refractivity contribution in [2.75, 3.05) is 0 Å². The Hall–Kier alpha value is -1.38. The summed E-state index contributed by atoms with van der Waals surface area (Å²) >= 11 is 0. The zero-order valence-electron chi connectivity index (χ0n) is 48.0. The van der Waals surface area contributed by atoms with Crippen LogP contribution in [-0.4, -0.2) is 64.6 Å². The average molecular weight is 1090 g/mol. The van der Waals surface area contributed by atoms with Crippen LogP contribution in [0.1, 0.15) is 38.5 Å². The van der Waals surface area contributed by atoms with Gasteiger partial charge in [0.25, 0.3) is 0 Å². The first-order chi connectivity index (χ1) is 33.2. The fourth-order valence-electron chi connectivity index (χ4n) is 13.3. The second-order valence-corrected chi connectivity index (χ2v) is 65.0. The number of allylic oxidation sites excluding steroid dienone is 12. The van der Waals surface area contributed by atoms with Gasteiger partial charge in [-0.15, -0.1) is 78.9 Å². The van der Waals surface area contributed by atoms with Gasteiger partial charge in [0.2, 0.25) is 0 Å². The van der Waals surface area contributed by atoms with Crippen molar-refractivity contribution in [3.05, 3.63) is 152 Å². The lowest BCUT2D eigenvalue weighted by Gasteiger charge is -2.41. The molecule has 0 atom stereocenters. The zero-order valence-corrected chi connectivity index (χ0v) is 56.0. The van der Waals surface area contributed by atoms with Gasteiger partial charge in [0.1, 0.15) is 0 Å². The lowest BCUT2D eigenvalue weighted by molar-refractivity contribution is 0.859. The van der Waals surface area contributed by atoms with E-state index in [9.17, 15) is 0 Å². The van der Waals surface area contributed by atoms with Crippen LogP contribution in [-0.2, 0) is 0 Å². The molecule has 0 aromatic heterocycles. The first-order valence-corrected chi connectivity index (χ1v) is 52.9. The molecule has 0 aliphatic carbocycles. The Morgan fingerprint density at radius 2 is 0.300 bits per heavy atom. The molecule has 0 fully saturated rings. The quantitative estimate of drug-likeness (QED) is 0.0421. The molecule has 0 saturated heterocycles. The van der Waals surface area contributed by atoms with Crippen LogP contribution in [0.15, 0.2) is 152 Å². The van der Waals surface area contributed by atoms with Crippen molar-refractivity contribution in [2.24, 2.45) is 0 Å². The number of hydrogen-bond donors (Lipinski definition) is 0. The number of rotatable bonds is 51. The van der Waals surface area contributed by atoms with E-state index < -0.39 is 64.6 Å². The molecule has 0 saturated carbocycles. The van der Waals surface area contributed by atoms with Gasteiger partial charge in [0, 0.05) is 0 Å². The molecule has 0 N–H and O–H groups in total. The van der Waals surface area contributed by atoms with Crippen LogP contribution >= 0.6 is 0 Å². The Balaban J connectivity index is 8.05. The second-order valence-electron chi connectivity index (χ2n) is 25.4. The molecule has 0 rings (SSSR count). The molecule has 0 spiro atoms. The highest BCUT2D eigenvalue weighted by Crippen LogP contribution is 2.45. The molecule has 0 aliphatic rings. The van der Waals surface area contributed by atoms with Gasteiger partial charge in [-0.3, -0.25) is 0 Å². The van der Waals surface area contributed by atoms with Crippen molar-refractivity contribution in [3.8, 4) is 0 Å². The van der Waals surface area contributed by atoms with E-state index in [0.717, 1.165) is 0 Å². The first kappa shape index (κ1) is 68.6. The van der Waals surface area contributed by atoms with Crippen LogP contribution in [0.4, 0.5) is 0 Å². The van der Waals surface area contributed by atoms with Crippen molar-refractivity contribution < 1.29 is 0 Å². The lowest BCUT2D eigenvalue weighted by Crippen LogP contribution is -2.42. The Labute approximate surface area is 448 Å². The van der Waals surface area contributed by atoms with E-state index in [0.29, 0.717) is 0 Å². The lowest BCUT2D eigenvalue weighted by atomic mass is 10.5. The van der Waals surface area contributed by atoms with E-state index >= 15 is 0 Å². The standard InChI is InChI=1S/C62H118Si8/c1-19-37-63(13,38-20-2)49-31-55-69(56-32-50-64(14,39-21-3)40-22-4,57-33-51-65(15,41-23-5)42-24-6)61-62-70(58-34-52-66(16,43-25-7)44-26-8,59-35-53-67(17,45-27-9)46-28-10)60-36-54-68(18,47-29-11)48-30-12/h19-30H,1-12,31-62H2,13-18H3. The summed E-state index contributed by atoms with van der Waals surface area (Å²) in [6, 6.07) is 35.3. The molecule has 70 heavy (non-hydrogen) atoms. The minimum absolute atomic E-state index is 1.21. The normalized spacial score (nSPS) is 12.9. The highest BCUT2D eigenvalue weighted by atomic mass is 28.3. The minimum atomic E-state index is -1.75. The van der Waals surface area contributed by atoms with Crippen LogP contribution in [0.25, 0.3) is 0 Å². The summed E-state index contributed by atoms with van der Waals surface area (Å²) in [4.78, 5) is 0. The van der Waals surface area contributed by atoms with Crippen LogP contribution in [0.3, 0.4) is 0 Å². The number of hydrogen-bond acceptors (Lipinski definition) is 0. The third-order valence-corrected chi connectivity index (χ3v) is 54.0. The molecule has 0 radical (unpaired) electrons. The Kier molecular flexibility index (Phi) is 35.8. The van der Waals surface area contributed by atoms with Gasteiger partial charge < -0.3 is 0 Å². The maximum Gasteiger partial charge on any atom is 0.0579 e. The van der Waals surface area contributed by atoms with Crippen molar-refractivity contribution in [2.45, 2.75) is 235 Å². The fraction of sp³-hybridized carbons (Fsp3) is 0.613. The van der Waals surface area contributed by atoms with Crippen LogP contribution < -0.4 is 0 Å². The van der Waals surface area contributed by atoms with E-state index in [1.807, 2.05) is 0 Å². The van der Waals surface area contributed by atoms with Gasteiger partial charge in [-0.1, -0.05) is 235 Å². The maximum absolute atomic E-state index is 4.28. The first-order valence-electron chi connectivity index (χ1n) is 28.5. The van der Waals surface area contributed by atoms with Crippen molar-refractivity contribution in [1.82, 2.24) is 0 Å². The van der Waals surface area contributed by atoms with E-state index in [1.54, 1.807) is 12.1 Å². The third-order valence-electron chi connectivity index (χ3n) is 17.8. The second kappa shape index (κ2) is 36.5. The predicted molar refractivity (Wildman–Crippen MR) is 356 cm³/mol. The summed E-state index contributed by atoms with van der Waals surface area (Å²) in [5, 5.41) is 0. The summed E-state index contributed by atoms with van der Waals surface area (Å²) in [6.07, 6.45) is 35.4. The van der Waals surface area contributed by atoms with Gasteiger partial charge in [-0.2, -0.15) is 0 Å². The maximum atomic E-state index is 4.28. The molecule has 0 heterocycles. The summed E-state index contributed by atoms with van der Waals surface area (Å²) in [6.45, 7) is 67.3. The molecular formula is C62H118Si8. The van der Waals surface area contributed by atoms with Crippen LogP contribution in [0.5, 0.6) is 0 Å². The van der Waals surface area contributed by atoms with Crippen molar-refractivity contribution >= 4 is 64.6 Å². The van der Waals surface area contributed by atoms with E-state index in [4.69, 9.17) is 0 Å². The Bertz CT molecular complexity index is 1230. The van der Waals surface area contributed by atoms with Crippen LogP contribution in [0.2, 0.25) is 196 Å². The summed E-state index contributed by atoms with van der Waals surface area (Å²) in [5.41, 5.74) is 0. The Morgan fingerprint density at radius 3 is 0.400 bits per heavy atom. The molecule has 8 heteroatoms. The molecule has 0 aliphatic heterocycles. The summed E-state index contributed by atoms with van der Waals surface area (Å²) in [7, 11) is -12.4. The molecule has 0 bridgehead atoms. The molecule has 0 unspecified atom stereocenters. The molecule has 0 amide bonds. The van der Waals surface area contributed by atoms with Gasteiger partial charge in [-0.05, 0) is 72.5 Å². The zero-order chi connectivity index (χ0) is 53.1. The molecular weight excluding hydrogens is 969 g/mol. The molecule has 398 valence electrons. The van der Waals surface area contributed by atoms with Gasteiger partial charge >= 0.3 is 0 Å². The third kappa shape index (κ3) is 27.8. The van der Waals surface area contributed by atoms with Crippen molar-refractivity contribution in [3.63, 3.8) is 0 Å². The summed E-state index contributed by atoms with van der Waals surface area (Å²) in [5.74, 6) is 0. The van der Waals surface area contributed by atoms with E-state index in [2.05, 4.69) is 191 Å². The molecule has 0 nitrogen and oxygen atoms in total. The highest BCUT2D eigenvalue weighted by Gasteiger charge is 2.41. The molecule has 0 aromatic carbocycles. The largest absolute Gasteiger partial charge is 0.103 e. The highest BCUT2D eigenvalue weighted by molar-refractivity contribution is 6.87. The van der Waals surface area contributed by atoms with E-state index in [-0.39, 0.29) is 0 Å².